The summed E-state index contributed by atoms with van der Waals surface area (Å²) >= 11 is 1.82. The van der Waals surface area contributed by atoms with Crippen molar-refractivity contribution in [3.05, 3.63) is 0 Å². The van der Waals surface area contributed by atoms with Crippen LogP contribution in [0.25, 0.3) is 0 Å². The van der Waals surface area contributed by atoms with E-state index in [1.54, 1.807) is 0 Å². The highest BCUT2D eigenvalue weighted by Gasteiger charge is 2.22. The molecule has 0 aromatic carbocycles. The Kier molecular flexibility index (Phi) is 11.3. The highest BCUT2D eigenvalue weighted by Crippen LogP contribution is 2.21. The van der Waals surface area contributed by atoms with Crippen molar-refractivity contribution >= 4 is 47.6 Å². The van der Waals surface area contributed by atoms with E-state index < -0.39 is 0 Å². The van der Waals surface area contributed by atoms with Gasteiger partial charge in [0.15, 0.2) is 5.96 Å². The minimum atomic E-state index is 0. The van der Waals surface area contributed by atoms with Crippen molar-refractivity contribution in [2.24, 2.45) is 4.99 Å². The fraction of sp³-hybridized carbons (Fsp3) is 0.867. The quantitative estimate of drug-likeness (QED) is 0.222. The third-order valence-corrected chi connectivity index (χ3v) is 4.56. The fourth-order valence-electron chi connectivity index (χ4n) is 1.66. The summed E-state index contributed by atoms with van der Waals surface area (Å²) in [4.78, 5) is 16.2. The van der Waals surface area contributed by atoms with E-state index >= 15 is 0 Å². The average Bonchev–Trinajstić information content (AvgIpc) is 3.24. The molecule has 0 bridgehead atoms. The van der Waals surface area contributed by atoms with Crippen LogP contribution >= 0.6 is 35.7 Å². The maximum Gasteiger partial charge on any atom is 0.220 e. The van der Waals surface area contributed by atoms with E-state index in [1.807, 2.05) is 11.8 Å². The van der Waals surface area contributed by atoms with Gasteiger partial charge in [0, 0.05) is 30.3 Å². The monoisotopic (exact) mass is 442 g/mol. The standard InChI is InChI=1S/C15H30N4OS.HI/c1-5-16-14(18-11-15(2,3)21-4)17-10-6-7-13(20)19-12-8-9-12;/h12H,5-11H2,1-4H3,(H,19,20)(H2,16,17,18);1H. The summed E-state index contributed by atoms with van der Waals surface area (Å²) in [6, 6.07) is 0.457. The molecular weight excluding hydrogens is 411 g/mol. The van der Waals surface area contributed by atoms with Crippen LogP contribution in [0, 0.1) is 0 Å². The summed E-state index contributed by atoms with van der Waals surface area (Å²) in [6.45, 7) is 8.81. The van der Waals surface area contributed by atoms with Gasteiger partial charge in [-0.3, -0.25) is 9.79 Å². The number of rotatable bonds is 9. The van der Waals surface area contributed by atoms with Crippen molar-refractivity contribution < 1.29 is 4.79 Å². The van der Waals surface area contributed by atoms with Crippen LogP contribution in [0.15, 0.2) is 4.99 Å². The molecule has 1 aliphatic rings. The van der Waals surface area contributed by atoms with Gasteiger partial charge in [-0.1, -0.05) is 0 Å². The Bertz CT molecular complexity index is 359. The maximum atomic E-state index is 11.6. The van der Waals surface area contributed by atoms with Crippen molar-refractivity contribution in [3.8, 4) is 0 Å². The molecule has 0 aliphatic heterocycles. The van der Waals surface area contributed by atoms with Crippen LogP contribution in [0.2, 0.25) is 0 Å². The third kappa shape index (κ3) is 10.5. The van der Waals surface area contributed by atoms with Gasteiger partial charge in [-0.15, -0.1) is 24.0 Å². The molecule has 0 saturated heterocycles. The van der Waals surface area contributed by atoms with Gasteiger partial charge >= 0.3 is 0 Å². The second kappa shape index (κ2) is 11.4. The van der Waals surface area contributed by atoms with Crippen molar-refractivity contribution in [1.82, 2.24) is 16.0 Å². The smallest absolute Gasteiger partial charge is 0.220 e. The van der Waals surface area contributed by atoms with E-state index in [1.165, 1.54) is 0 Å². The van der Waals surface area contributed by atoms with E-state index in [0.29, 0.717) is 12.5 Å². The summed E-state index contributed by atoms with van der Waals surface area (Å²) in [6.07, 6.45) is 5.81. The highest BCUT2D eigenvalue weighted by atomic mass is 127. The lowest BCUT2D eigenvalue weighted by Crippen LogP contribution is -2.39. The number of hydrogen-bond acceptors (Lipinski definition) is 3. The lowest BCUT2D eigenvalue weighted by atomic mass is 10.2. The molecule has 0 aromatic heterocycles. The second-order valence-electron chi connectivity index (χ2n) is 6.03. The number of carbonyl (C=O) groups excluding carboxylic acids is 1. The highest BCUT2D eigenvalue weighted by molar-refractivity contribution is 14.0. The van der Waals surface area contributed by atoms with E-state index in [2.05, 4.69) is 48.0 Å². The molecule has 1 rings (SSSR count). The number of nitrogens with zero attached hydrogens (tertiary/aromatic N) is 1. The first kappa shape index (κ1) is 21.8. The van der Waals surface area contributed by atoms with Crippen LogP contribution in [-0.4, -0.2) is 48.5 Å². The van der Waals surface area contributed by atoms with Gasteiger partial charge in [-0.25, -0.2) is 0 Å². The number of aliphatic imine (C=N–C) groups is 1. The largest absolute Gasteiger partial charge is 0.357 e. The van der Waals surface area contributed by atoms with E-state index in [4.69, 9.17) is 0 Å². The molecule has 130 valence electrons. The Morgan fingerprint density at radius 1 is 1.32 bits per heavy atom. The summed E-state index contributed by atoms with van der Waals surface area (Å²) < 4.78 is 0.145. The first-order valence-electron chi connectivity index (χ1n) is 7.83. The maximum absolute atomic E-state index is 11.6. The van der Waals surface area contributed by atoms with Gasteiger partial charge in [0.25, 0.3) is 0 Å². The molecule has 0 spiro atoms. The number of hydrogen-bond donors (Lipinski definition) is 3. The molecule has 0 unspecified atom stereocenters. The van der Waals surface area contributed by atoms with Crippen LogP contribution in [0.1, 0.15) is 46.5 Å². The molecule has 1 aliphatic carbocycles. The molecule has 5 nitrogen and oxygen atoms in total. The summed E-state index contributed by atoms with van der Waals surface area (Å²) in [5.74, 6) is 1.01. The van der Waals surface area contributed by atoms with Crippen LogP contribution in [0.4, 0.5) is 0 Å². The molecule has 22 heavy (non-hydrogen) atoms. The number of carbonyl (C=O) groups is 1. The van der Waals surface area contributed by atoms with Crippen LogP contribution in [-0.2, 0) is 4.79 Å². The van der Waals surface area contributed by atoms with Crippen molar-refractivity contribution in [2.75, 3.05) is 25.9 Å². The molecule has 3 N–H and O–H groups in total. The zero-order valence-electron chi connectivity index (χ0n) is 14.2. The minimum absolute atomic E-state index is 0. The van der Waals surface area contributed by atoms with Gasteiger partial charge in [0.2, 0.25) is 5.91 Å². The second-order valence-corrected chi connectivity index (χ2v) is 7.54. The molecule has 0 radical (unpaired) electrons. The summed E-state index contributed by atoms with van der Waals surface area (Å²) in [5.41, 5.74) is 0. The fourth-order valence-corrected chi connectivity index (χ4v) is 1.85. The Balaban J connectivity index is 0.00000441. The average molecular weight is 442 g/mol. The molecule has 1 amide bonds. The first-order chi connectivity index (χ1) is 9.96. The van der Waals surface area contributed by atoms with E-state index in [-0.39, 0.29) is 34.6 Å². The lowest BCUT2D eigenvalue weighted by molar-refractivity contribution is -0.121. The van der Waals surface area contributed by atoms with Crippen LogP contribution < -0.4 is 16.0 Å². The number of nitrogens with one attached hydrogen (secondary N) is 3. The van der Waals surface area contributed by atoms with E-state index in [9.17, 15) is 4.79 Å². The number of guanidine groups is 1. The number of thioether (sulfide) groups is 1. The Labute approximate surface area is 156 Å². The zero-order chi connectivity index (χ0) is 15.7. The molecule has 0 atom stereocenters. The van der Waals surface area contributed by atoms with Crippen molar-refractivity contribution in [3.63, 3.8) is 0 Å². The minimum Gasteiger partial charge on any atom is -0.357 e. The zero-order valence-corrected chi connectivity index (χ0v) is 17.3. The first-order valence-corrected chi connectivity index (χ1v) is 9.06. The molecule has 0 heterocycles. The predicted molar refractivity (Wildman–Crippen MR) is 107 cm³/mol. The number of amides is 1. The van der Waals surface area contributed by atoms with Gasteiger partial charge in [-0.2, -0.15) is 11.8 Å². The normalized spacial score (nSPS) is 15.0. The van der Waals surface area contributed by atoms with Crippen LogP contribution in [0.5, 0.6) is 0 Å². The van der Waals surface area contributed by atoms with Gasteiger partial charge in [-0.05, 0) is 46.3 Å². The predicted octanol–water partition coefficient (Wildman–Crippen LogP) is 2.36. The summed E-state index contributed by atoms with van der Waals surface area (Å²) in [7, 11) is 0. The van der Waals surface area contributed by atoms with E-state index in [0.717, 1.165) is 44.9 Å². The molecule has 0 aromatic rings. The topological polar surface area (TPSA) is 65.5 Å². The van der Waals surface area contributed by atoms with Gasteiger partial charge < -0.3 is 16.0 Å². The molecule has 1 fully saturated rings. The SMILES string of the molecule is CCNC(=NCC(C)(C)SC)NCCCC(=O)NC1CC1.I. The Hall–Kier alpha value is -0.180. The third-order valence-electron chi connectivity index (χ3n) is 3.33. The molecular formula is C15H31IN4OS. The van der Waals surface area contributed by atoms with Crippen LogP contribution in [0.3, 0.4) is 0 Å². The van der Waals surface area contributed by atoms with Crippen molar-refractivity contribution in [2.45, 2.75) is 57.2 Å². The van der Waals surface area contributed by atoms with Gasteiger partial charge in [0.05, 0.1) is 6.54 Å². The number of halogens is 1. The Morgan fingerprint density at radius 2 is 2.00 bits per heavy atom. The molecule has 1 saturated carbocycles. The lowest BCUT2D eigenvalue weighted by Gasteiger charge is -2.20. The Morgan fingerprint density at radius 3 is 2.55 bits per heavy atom. The molecule has 7 heteroatoms. The van der Waals surface area contributed by atoms with Crippen molar-refractivity contribution in [1.29, 1.82) is 0 Å². The van der Waals surface area contributed by atoms with Gasteiger partial charge in [0.1, 0.15) is 0 Å². The summed E-state index contributed by atoms with van der Waals surface area (Å²) in [5, 5.41) is 9.53.